The lowest BCUT2D eigenvalue weighted by Crippen LogP contribution is -2.01. The predicted molar refractivity (Wildman–Crippen MR) is 69.9 cm³/mol. The Labute approximate surface area is 108 Å². The van der Waals surface area contributed by atoms with Crippen molar-refractivity contribution < 1.29 is 14.2 Å². The van der Waals surface area contributed by atoms with E-state index in [1.54, 1.807) is 6.07 Å². The number of ether oxygens (including phenoxy) is 1. The standard InChI is InChI=1S/C15H19FO2/c1-12(2)5-4-10-18-15-11-14(16)8-7-13(15)6-3-9-17/h7-8,11-12,17H,4-5,9-10H2,1-2H3. The summed E-state index contributed by atoms with van der Waals surface area (Å²) in [4.78, 5) is 0. The van der Waals surface area contributed by atoms with E-state index in [2.05, 4.69) is 25.7 Å². The monoisotopic (exact) mass is 250 g/mol. The molecule has 1 N–H and O–H groups in total. The molecule has 0 radical (unpaired) electrons. The fourth-order valence-corrected chi connectivity index (χ4v) is 1.53. The van der Waals surface area contributed by atoms with Gasteiger partial charge in [0.15, 0.2) is 0 Å². The first-order chi connectivity index (χ1) is 8.63. The summed E-state index contributed by atoms with van der Waals surface area (Å²) in [7, 11) is 0. The summed E-state index contributed by atoms with van der Waals surface area (Å²) >= 11 is 0. The van der Waals surface area contributed by atoms with Gasteiger partial charge in [-0.25, -0.2) is 4.39 Å². The fourth-order valence-electron chi connectivity index (χ4n) is 1.53. The van der Waals surface area contributed by atoms with Crippen molar-refractivity contribution in [1.29, 1.82) is 0 Å². The molecule has 0 aliphatic carbocycles. The van der Waals surface area contributed by atoms with Gasteiger partial charge in [-0.15, -0.1) is 0 Å². The Bertz CT molecular complexity index is 430. The molecular weight excluding hydrogens is 231 g/mol. The third-order valence-corrected chi connectivity index (χ3v) is 2.43. The van der Waals surface area contributed by atoms with Crippen LogP contribution in [-0.2, 0) is 0 Å². The van der Waals surface area contributed by atoms with Gasteiger partial charge in [0.25, 0.3) is 0 Å². The smallest absolute Gasteiger partial charge is 0.137 e. The van der Waals surface area contributed by atoms with Crippen LogP contribution in [-0.4, -0.2) is 18.3 Å². The van der Waals surface area contributed by atoms with Gasteiger partial charge in [0.05, 0.1) is 12.2 Å². The van der Waals surface area contributed by atoms with E-state index >= 15 is 0 Å². The van der Waals surface area contributed by atoms with Gasteiger partial charge in [0.1, 0.15) is 18.2 Å². The molecule has 0 fully saturated rings. The lowest BCUT2D eigenvalue weighted by Gasteiger charge is -2.09. The predicted octanol–water partition coefficient (Wildman–Crippen LogP) is 2.98. The van der Waals surface area contributed by atoms with Gasteiger partial charge in [-0.05, 0) is 30.9 Å². The second kappa shape index (κ2) is 7.73. The van der Waals surface area contributed by atoms with Gasteiger partial charge in [-0.1, -0.05) is 25.7 Å². The lowest BCUT2D eigenvalue weighted by atomic mass is 10.1. The minimum Gasteiger partial charge on any atom is -0.492 e. The Balaban J connectivity index is 2.64. The molecule has 1 rings (SSSR count). The van der Waals surface area contributed by atoms with Crippen molar-refractivity contribution in [3.63, 3.8) is 0 Å². The highest BCUT2D eigenvalue weighted by Gasteiger charge is 2.04. The highest BCUT2D eigenvalue weighted by molar-refractivity contribution is 5.46. The van der Waals surface area contributed by atoms with E-state index < -0.39 is 0 Å². The normalized spacial score (nSPS) is 10.1. The summed E-state index contributed by atoms with van der Waals surface area (Å²) in [6.07, 6.45) is 2.01. The van der Waals surface area contributed by atoms with E-state index in [9.17, 15) is 4.39 Å². The van der Waals surface area contributed by atoms with E-state index in [-0.39, 0.29) is 12.4 Å². The summed E-state index contributed by atoms with van der Waals surface area (Å²) in [5, 5.41) is 8.66. The Morgan fingerprint density at radius 3 is 2.83 bits per heavy atom. The third kappa shape index (κ3) is 5.20. The first kappa shape index (κ1) is 14.5. The first-order valence-electron chi connectivity index (χ1n) is 6.15. The van der Waals surface area contributed by atoms with Crippen LogP contribution in [0.25, 0.3) is 0 Å². The highest BCUT2D eigenvalue weighted by atomic mass is 19.1. The Kier molecular flexibility index (Phi) is 6.24. The van der Waals surface area contributed by atoms with E-state index in [1.165, 1.54) is 12.1 Å². The Morgan fingerprint density at radius 2 is 2.17 bits per heavy atom. The molecular formula is C15H19FO2. The largest absolute Gasteiger partial charge is 0.492 e. The van der Waals surface area contributed by atoms with Crippen LogP contribution in [0.4, 0.5) is 4.39 Å². The van der Waals surface area contributed by atoms with Gasteiger partial charge in [0.2, 0.25) is 0 Å². The van der Waals surface area contributed by atoms with Crippen molar-refractivity contribution in [3.8, 4) is 17.6 Å². The Hall–Kier alpha value is -1.53. The quantitative estimate of drug-likeness (QED) is 0.643. The van der Waals surface area contributed by atoms with Gasteiger partial charge in [0, 0.05) is 6.07 Å². The fraction of sp³-hybridized carbons (Fsp3) is 0.467. The maximum Gasteiger partial charge on any atom is 0.137 e. The van der Waals surface area contributed by atoms with Crippen LogP contribution in [0.1, 0.15) is 32.3 Å². The molecule has 0 aliphatic heterocycles. The number of aliphatic hydroxyl groups excluding tert-OH is 1. The molecule has 0 spiro atoms. The molecule has 1 aromatic rings. The van der Waals surface area contributed by atoms with E-state index in [4.69, 9.17) is 9.84 Å². The topological polar surface area (TPSA) is 29.5 Å². The number of aliphatic hydroxyl groups is 1. The van der Waals surface area contributed by atoms with Crippen LogP contribution in [0.15, 0.2) is 18.2 Å². The molecule has 0 atom stereocenters. The Morgan fingerprint density at radius 1 is 1.39 bits per heavy atom. The van der Waals surface area contributed by atoms with Gasteiger partial charge >= 0.3 is 0 Å². The van der Waals surface area contributed by atoms with Crippen molar-refractivity contribution in [2.75, 3.05) is 13.2 Å². The summed E-state index contributed by atoms with van der Waals surface area (Å²) in [5.41, 5.74) is 0.606. The number of benzene rings is 1. The second-order valence-corrected chi connectivity index (χ2v) is 4.48. The van der Waals surface area contributed by atoms with Crippen molar-refractivity contribution in [1.82, 2.24) is 0 Å². The SMILES string of the molecule is CC(C)CCCOc1cc(F)ccc1C#CCO. The number of halogens is 1. The molecule has 0 amide bonds. The zero-order chi connectivity index (χ0) is 13.4. The molecule has 1 aromatic carbocycles. The molecule has 3 heteroatoms. The molecule has 0 saturated heterocycles. The summed E-state index contributed by atoms with van der Waals surface area (Å²) in [5.74, 6) is 6.02. The van der Waals surface area contributed by atoms with Crippen molar-refractivity contribution in [2.24, 2.45) is 5.92 Å². The minimum absolute atomic E-state index is 0.218. The maximum absolute atomic E-state index is 13.1. The first-order valence-corrected chi connectivity index (χ1v) is 6.15. The second-order valence-electron chi connectivity index (χ2n) is 4.48. The molecule has 0 bridgehead atoms. The van der Waals surface area contributed by atoms with Crippen molar-refractivity contribution >= 4 is 0 Å². The minimum atomic E-state index is -0.344. The molecule has 2 nitrogen and oxygen atoms in total. The molecule has 0 aromatic heterocycles. The number of hydrogen-bond donors (Lipinski definition) is 1. The van der Waals surface area contributed by atoms with Crippen LogP contribution in [0.2, 0.25) is 0 Å². The molecule has 18 heavy (non-hydrogen) atoms. The number of rotatable bonds is 5. The van der Waals surface area contributed by atoms with Gasteiger partial charge in [-0.3, -0.25) is 0 Å². The molecule has 0 saturated carbocycles. The molecule has 0 heterocycles. The van der Waals surface area contributed by atoms with E-state index in [0.717, 1.165) is 12.8 Å². The molecule has 0 unspecified atom stereocenters. The van der Waals surface area contributed by atoms with Crippen molar-refractivity contribution in [2.45, 2.75) is 26.7 Å². The summed E-state index contributed by atoms with van der Waals surface area (Å²) in [6.45, 7) is 4.64. The third-order valence-electron chi connectivity index (χ3n) is 2.43. The zero-order valence-electron chi connectivity index (χ0n) is 10.9. The average Bonchev–Trinajstić information content (AvgIpc) is 2.33. The highest BCUT2D eigenvalue weighted by Crippen LogP contribution is 2.19. The van der Waals surface area contributed by atoms with E-state index in [1.807, 2.05) is 0 Å². The van der Waals surface area contributed by atoms with Gasteiger partial charge in [-0.2, -0.15) is 0 Å². The van der Waals surface area contributed by atoms with Crippen LogP contribution in [0.3, 0.4) is 0 Å². The maximum atomic E-state index is 13.1. The van der Waals surface area contributed by atoms with Crippen LogP contribution < -0.4 is 4.74 Å². The summed E-state index contributed by atoms with van der Waals surface area (Å²) < 4.78 is 18.7. The van der Waals surface area contributed by atoms with E-state index in [0.29, 0.717) is 23.8 Å². The lowest BCUT2D eigenvalue weighted by molar-refractivity contribution is 0.295. The average molecular weight is 250 g/mol. The molecule has 98 valence electrons. The van der Waals surface area contributed by atoms with Crippen LogP contribution in [0.5, 0.6) is 5.75 Å². The molecule has 0 aliphatic rings. The zero-order valence-corrected chi connectivity index (χ0v) is 10.9. The van der Waals surface area contributed by atoms with Gasteiger partial charge < -0.3 is 9.84 Å². The summed E-state index contributed by atoms with van der Waals surface area (Å²) in [6, 6.07) is 4.23. The van der Waals surface area contributed by atoms with Crippen LogP contribution in [0, 0.1) is 23.6 Å². The number of hydrogen-bond acceptors (Lipinski definition) is 2. The van der Waals surface area contributed by atoms with Crippen LogP contribution >= 0.6 is 0 Å². The van der Waals surface area contributed by atoms with Crippen molar-refractivity contribution in [3.05, 3.63) is 29.6 Å².